The number of rotatable bonds is 4. The lowest BCUT2D eigenvalue weighted by Gasteiger charge is -2.20. The van der Waals surface area contributed by atoms with Crippen molar-refractivity contribution in [2.45, 2.75) is 6.92 Å². The molecule has 0 aliphatic heterocycles. The summed E-state index contributed by atoms with van der Waals surface area (Å²) in [6, 6.07) is 6.53. The summed E-state index contributed by atoms with van der Waals surface area (Å²) in [6.45, 7) is 6.33. The lowest BCUT2D eigenvalue weighted by atomic mass is 10.1. The molecule has 0 unspecified atom stereocenters. The maximum atomic E-state index is 10.8. The molecule has 4 heteroatoms. The Morgan fingerprint density at radius 2 is 2.24 bits per heavy atom. The predicted molar refractivity (Wildman–Crippen MR) is 66.2 cm³/mol. The van der Waals surface area contributed by atoms with E-state index in [1.54, 1.807) is 6.07 Å². The van der Waals surface area contributed by atoms with Crippen LogP contribution >= 0.6 is 0 Å². The summed E-state index contributed by atoms with van der Waals surface area (Å²) in [7, 11) is 1.84. The third-order valence-corrected chi connectivity index (χ3v) is 2.28. The zero-order valence-corrected chi connectivity index (χ0v) is 9.90. The Bertz CT molecular complexity index is 501. The summed E-state index contributed by atoms with van der Waals surface area (Å²) in [6.07, 6.45) is 0. The average molecular weight is 230 g/mol. The fourth-order valence-electron chi connectivity index (χ4n) is 1.58. The molecule has 0 saturated heterocycles. The first-order valence-electron chi connectivity index (χ1n) is 5.08. The zero-order valence-electron chi connectivity index (χ0n) is 9.90. The summed E-state index contributed by atoms with van der Waals surface area (Å²) in [5, 5.41) is 17.9. The minimum Gasteiger partial charge on any atom is -0.478 e. The van der Waals surface area contributed by atoms with Gasteiger partial charge in [0, 0.05) is 13.6 Å². The Kier molecular flexibility index (Phi) is 3.89. The molecule has 1 aromatic rings. The van der Waals surface area contributed by atoms with Crippen LogP contribution in [0.4, 0.5) is 5.69 Å². The van der Waals surface area contributed by atoms with Crippen LogP contribution in [-0.2, 0) is 0 Å². The third kappa shape index (κ3) is 3.08. The number of nitriles is 1. The van der Waals surface area contributed by atoms with Crippen LogP contribution < -0.4 is 4.90 Å². The number of carbonyl (C=O) groups is 1. The third-order valence-electron chi connectivity index (χ3n) is 2.28. The van der Waals surface area contributed by atoms with Crippen LogP contribution in [0.25, 0.3) is 0 Å². The molecular formula is C13H14N2O2. The van der Waals surface area contributed by atoms with E-state index in [0.717, 1.165) is 5.57 Å². The van der Waals surface area contributed by atoms with Crippen LogP contribution in [0, 0.1) is 11.3 Å². The van der Waals surface area contributed by atoms with Crippen molar-refractivity contribution in [3.8, 4) is 6.07 Å². The Morgan fingerprint density at radius 1 is 1.59 bits per heavy atom. The first-order valence-corrected chi connectivity index (χ1v) is 5.08. The van der Waals surface area contributed by atoms with Crippen molar-refractivity contribution < 1.29 is 9.90 Å². The van der Waals surface area contributed by atoms with E-state index in [9.17, 15) is 4.79 Å². The number of hydrogen-bond acceptors (Lipinski definition) is 3. The lowest BCUT2D eigenvalue weighted by Crippen LogP contribution is -2.20. The fourth-order valence-corrected chi connectivity index (χ4v) is 1.58. The summed E-state index contributed by atoms with van der Waals surface area (Å²) >= 11 is 0. The Morgan fingerprint density at radius 3 is 2.71 bits per heavy atom. The second-order valence-electron chi connectivity index (χ2n) is 3.96. The molecule has 1 N–H and O–H groups in total. The first-order chi connectivity index (χ1) is 7.95. The maximum absolute atomic E-state index is 10.8. The number of carboxylic acids is 1. The van der Waals surface area contributed by atoms with E-state index in [0.29, 0.717) is 17.8 Å². The van der Waals surface area contributed by atoms with Gasteiger partial charge < -0.3 is 10.0 Å². The van der Waals surface area contributed by atoms with E-state index < -0.39 is 5.97 Å². The van der Waals surface area contributed by atoms with E-state index in [1.807, 2.05) is 24.9 Å². The Balaban J connectivity index is 3.13. The highest BCUT2D eigenvalue weighted by molar-refractivity contribution is 5.89. The fraction of sp³-hybridized carbons (Fsp3) is 0.231. The molecular weight excluding hydrogens is 216 g/mol. The summed E-state index contributed by atoms with van der Waals surface area (Å²) in [4.78, 5) is 12.7. The number of nitrogens with zero attached hydrogens (tertiary/aromatic N) is 2. The van der Waals surface area contributed by atoms with Gasteiger partial charge in [-0.2, -0.15) is 5.26 Å². The molecule has 0 heterocycles. The van der Waals surface area contributed by atoms with E-state index >= 15 is 0 Å². The number of anilines is 1. The smallest absolute Gasteiger partial charge is 0.335 e. The number of likely N-dealkylation sites (N-methyl/N-ethyl adjacent to an activating group) is 1. The van der Waals surface area contributed by atoms with E-state index in [2.05, 4.69) is 6.58 Å². The van der Waals surface area contributed by atoms with Gasteiger partial charge >= 0.3 is 5.97 Å². The average Bonchev–Trinajstić information content (AvgIpc) is 2.27. The molecule has 1 aromatic carbocycles. The summed E-state index contributed by atoms with van der Waals surface area (Å²) < 4.78 is 0. The van der Waals surface area contributed by atoms with Gasteiger partial charge in [0.2, 0.25) is 0 Å². The quantitative estimate of drug-likeness (QED) is 0.806. The highest BCUT2D eigenvalue weighted by Gasteiger charge is 2.11. The Hall–Kier alpha value is -2.28. The highest BCUT2D eigenvalue weighted by Crippen LogP contribution is 2.21. The van der Waals surface area contributed by atoms with Gasteiger partial charge in [-0.15, -0.1) is 0 Å². The maximum Gasteiger partial charge on any atom is 0.335 e. The van der Waals surface area contributed by atoms with Crippen molar-refractivity contribution in [1.29, 1.82) is 5.26 Å². The molecule has 0 saturated carbocycles. The topological polar surface area (TPSA) is 64.3 Å². The standard InChI is InChI=1S/C13H14N2O2/c1-9(2)8-15(3)12-5-4-10(13(16)17)6-11(12)7-14/h4-6H,1,8H2,2-3H3,(H,16,17). The van der Waals surface area contributed by atoms with Crippen LogP contribution in [0.2, 0.25) is 0 Å². The molecule has 0 bridgehead atoms. The first kappa shape index (κ1) is 12.8. The van der Waals surface area contributed by atoms with Crippen molar-refractivity contribution in [3.63, 3.8) is 0 Å². The van der Waals surface area contributed by atoms with Crippen molar-refractivity contribution in [2.24, 2.45) is 0 Å². The minimum absolute atomic E-state index is 0.119. The molecule has 1 rings (SSSR count). The minimum atomic E-state index is -1.03. The SMILES string of the molecule is C=C(C)CN(C)c1ccc(C(=O)O)cc1C#N. The number of carboxylic acid groups (broad SMARTS) is 1. The van der Waals surface area contributed by atoms with Crippen LogP contribution in [0.1, 0.15) is 22.8 Å². The molecule has 17 heavy (non-hydrogen) atoms. The molecule has 0 atom stereocenters. The van der Waals surface area contributed by atoms with Crippen LogP contribution in [0.15, 0.2) is 30.4 Å². The number of hydrogen-bond donors (Lipinski definition) is 1. The van der Waals surface area contributed by atoms with E-state index in [4.69, 9.17) is 10.4 Å². The van der Waals surface area contributed by atoms with E-state index in [1.165, 1.54) is 12.1 Å². The molecule has 0 aliphatic carbocycles. The van der Waals surface area contributed by atoms with Crippen molar-refractivity contribution in [3.05, 3.63) is 41.5 Å². The van der Waals surface area contributed by atoms with Gasteiger partial charge in [-0.05, 0) is 25.1 Å². The van der Waals surface area contributed by atoms with Gasteiger partial charge in [-0.25, -0.2) is 4.79 Å². The molecule has 4 nitrogen and oxygen atoms in total. The molecule has 0 aromatic heterocycles. The van der Waals surface area contributed by atoms with Crippen LogP contribution in [-0.4, -0.2) is 24.7 Å². The summed E-state index contributed by atoms with van der Waals surface area (Å²) in [5.41, 5.74) is 2.15. The van der Waals surface area contributed by atoms with Crippen LogP contribution in [0.3, 0.4) is 0 Å². The van der Waals surface area contributed by atoms with Crippen molar-refractivity contribution >= 4 is 11.7 Å². The van der Waals surface area contributed by atoms with Gasteiger partial charge in [-0.3, -0.25) is 0 Å². The normalized spacial score (nSPS) is 9.47. The molecule has 0 radical (unpaired) electrons. The number of aromatic carboxylic acids is 1. The van der Waals surface area contributed by atoms with Gasteiger partial charge in [-0.1, -0.05) is 12.2 Å². The zero-order chi connectivity index (χ0) is 13.0. The van der Waals surface area contributed by atoms with Crippen molar-refractivity contribution in [2.75, 3.05) is 18.5 Å². The second-order valence-corrected chi connectivity index (χ2v) is 3.96. The van der Waals surface area contributed by atoms with Gasteiger partial charge in [0.1, 0.15) is 6.07 Å². The lowest BCUT2D eigenvalue weighted by molar-refractivity contribution is 0.0697. The van der Waals surface area contributed by atoms with Crippen LogP contribution in [0.5, 0.6) is 0 Å². The molecule has 0 amide bonds. The predicted octanol–water partition coefficient (Wildman–Crippen LogP) is 2.27. The molecule has 0 spiro atoms. The molecule has 0 aliphatic rings. The van der Waals surface area contributed by atoms with Crippen molar-refractivity contribution in [1.82, 2.24) is 0 Å². The van der Waals surface area contributed by atoms with Gasteiger partial charge in [0.25, 0.3) is 0 Å². The largest absolute Gasteiger partial charge is 0.478 e. The summed E-state index contributed by atoms with van der Waals surface area (Å²) in [5.74, 6) is -1.03. The molecule has 88 valence electrons. The van der Waals surface area contributed by atoms with Gasteiger partial charge in [0.05, 0.1) is 16.8 Å². The number of benzene rings is 1. The Labute approximate surface area is 100 Å². The monoisotopic (exact) mass is 230 g/mol. The van der Waals surface area contributed by atoms with E-state index in [-0.39, 0.29) is 5.56 Å². The molecule has 0 fully saturated rings. The highest BCUT2D eigenvalue weighted by atomic mass is 16.4. The van der Waals surface area contributed by atoms with Gasteiger partial charge in [0.15, 0.2) is 0 Å². The second kappa shape index (κ2) is 5.17.